The Bertz CT molecular complexity index is 182. The molecule has 0 nitrogen and oxygen atoms in total. The molecule has 0 heteroatoms. The molecule has 0 spiro atoms. The van der Waals surface area contributed by atoms with Crippen LogP contribution in [0, 0.1) is 0 Å². The Balaban J connectivity index is 2.42. The molecule has 0 fully saturated rings. The first-order chi connectivity index (χ1) is 6.00. The molecule has 0 radical (unpaired) electrons. The molecule has 0 unspecified atom stereocenters. The zero-order chi connectivity index (χ0) is 8.49. The summed E-state index contributed by atoms with van der Waals surface area (Å²) >= 11 is 0. The lowest BCUT2D eigenvalue weighted by Gasteiger charge is -1.89. The van der Waals surface area contributed by atoms with Crippen molar-refractivity contribution in [2.75, 3.05) is 0 Å². The van der Waals surface area contributed by atoms with Gasteiger partial charge in [0, 0.05) is 0 Å². The summed E-state index contributed by atoms with van der Waals surface area (Å²) < 4.78 is 0. The van der Waals surface area contributed by atoms with Crippen LogP contribution in [-0.2, 0) is 0 Å². The average molecular weight is 160 g/mol. The number of hydrogen-bond acceptors (Lipinski definition) is 0. The Kier molecular flexibility index (Phi) is 5.02. The van der Waals surface area contributed by atoms with Crippen LogP contribution in [0.3, 0.4) is 0 Å². The van der Waals surface area contributed by atoms with Gasteiger partial charge in [-0.3, -0.25) is 0 Å². The fraction of sp³-hybridized carbons (Fsp3) is 0.333. The molecule has 0 aromatic heterocycles. The van der Waals surface area contributed by atoms with E-state index in [1.807, 2.05) is 0 Å². The first-order valence-electron chi connectivity index (χ1n) is 4.63. The maximum Gasteiger partial charge on any atom is -0.0313 e. The van der Waals surface area contributed by atoms with E-state index in [0.29, 0.717) is 0 Å². The highest BCUT2D eigenvalue weighted by molar-refractivity contribution is 5.11. The third-order valence-corrected chi connectivity index (χ3v) is 1.77. The van der Waals surface area contributed by atoms with Gasteiger partial charge in [0.1, 0.15) is 0 Å². The lowest BCUT2D eigenvalue weighted by Crippen LogP contribution is -1.68. The average Bonchev–Trinajstić information content (AvgIpc) is 2.05. The minimum atomic E-state index is 1.16. The minimum absolute atomic E-state index is 1.16. The molecular weight excluding hydrogens is 144 g/mol. The zero-order valence-electron chi connectivity index (χ0n) is 7.45. The maximum atomic E-state index is 2.27. The van der Waals surface area contributed by atoms with Crippen molar-refractivity contribution in [1.82, 2.24) is 0 Å². The predicted octanol–water partition coefficient (Wildman–Crippen LogP) is 3.79. The van der Waals surface area contributed by atoms with Gasteiger partial charge in [-0.05, 0) is 25.7 Å². The molecule has 1 aliphatic carbocycles. The highest BCUT2D eigenvalue weighted by atomic mass is 13.9. The summed E-state index contributed by atoms with van der Waals surface area (Å²) in [5.41, 5.74) is 0. The molecule has 0 aromatic rings. The van der Waals surface area contributed by atoms with E-state index in [1.165, 1.54) is 12.8 Å². The van der Waals surface area contributed by atoms with Gasteiger partial charge < -0.3 is 0 Å². The Morgan fingerprint density at radius 1 is 0.417 bits per heavy atom. The van der Waals surface area contributed by atoms with Gasteiger partial charge in [0.2, 0.25) is 0 Å². The van der Waals surface area contributed by atoms with Gasteiger partial charge in [-0.2, -0.15) is 0 Å². The Morgan fingerprint density at radius 2 is 0.833 bits per heavy atom. The first-order valence-corrected chi connectivity index (χ1v) is 4.63. The van der Waals surface area contributed by atoms with Crippen molar-refractivity contribution in [1.29, 1.82) is 0 Å². The second-order valence-electron chi connectivity index (χ2n) is 2.87. The molecule has 1 rings (SSSR count). The van der Waals surface area contributed by atoms with Crippen LogP contribution in [0.1, 0.15) is 25.7 Å². The molecule has 0 saturated heterocycles. The lowest BCUT2D eigenvalue weighted by atomic mass is 10.2. The van der Waals surface area contributed by atoms with Crippen LogP contribution < -0.4 is 0 Å². The fourth-order valence-electron chi connectivity index (χ4n) is 1.10. The van der Waals surface area contributed by atoms with E-state index in [-0.39, 0.29) is 0 Å². The minimum Gasteiger partial charge on any atom is -0.0882 e. The fourth-order valence-corrected chi connectivity index (χ4v) is 1.10. The van der Waals surface area contributed by atoms with E-state index in [0.717, 1.165) is 12.8 Å². The van der Waals surface area contributed by atoms with E-state index in [9.17, 15) is 0 Å². The molecule has 0 bridgehead atoms. The Labute approximate surface area is 75.0 Å². The molecule has 0 amide bonds. The van der Waals surface area contributed by atoms with E-state index in [1.54, 1.807) is 0 Å². The van der Waals surface area contributed by atoms with Crippen molar-refractivity contribution in [2.45, 2.75) is 25.7 Å². The van der Waals surface area contributed by atoms with Gasteiger partial charge in [-0.25, -0.2) is 0 Å². The molecule has 0 heterocycles. The molecule has 0 saturated carbocycles. The van der Waals surface area contributed by atoms with Crippen LogP contribution in [0.15, 0.2) is 48.6 Å². The smallest absolute Gasteiger partial charge is 0.0313 e. The topological polar surface area (TPSA) is 0 Å². The molecule has 0 N–H and O–H groups in total. The van der Waals surface area contributed by atoms with Crippen molar-refractivity contribution in [3.05, 3.63) is 48.6 Å². The largest absolute Gasteiger partial charge is 0.0882 e. The summed E-state index contributed by atoms with van der Waals surface area (Å²) in [6.07, 6.45) is 22.0. The summed E-state index contributed by atoms with van der Waals surface area (Å²) in [6, 6.07) is 0. The summed E-state index contributed by atoms with van der Waals surface area (Å²) in [5, 5.41) is 0. The van der Waals surface area contributed by atoms with Crippen molar-refractivity contribution in [3.63, 3.8) is 0 Å². The maximum absolute atomic E-state index is 2.27. The summed E-state index contributed by atoms with van der Waals surface area (Å²) in [5.74, 6) is 0. The highest BCUT2D eigenvalue weighted by Gasteiger charge is 1.78. The predicted molar refractivity (Wildman–Crippen MR) is 55.0 cm³/mol. The number of rotatable bonds is 0. The van der Waals surface area contributed by atoms with Crippen LogP contribution in [-0.4, -0.2) is 0 Å². The summed E-state index contributed by atoms with van der Waals surface area (Å²) in [6.45, 7) is 0. The SMILES string of the molecule is C1=CCC/C=C\CC/C=C\C=C\1. The van der Waals surface area contributed by atoms with Crippen LogP contribution in [0.25, 0.3) is 0 Å². The van der Waals surface area contributed by atoms with E-state index in [2.05, 4.69) is 48.6 Å². The van der Waals surface area contributed by atoms with E-state index >= 15 is 0 Å². The second-order valence-corrected chi connectivity index (χ2v) is 2.87. The monoisotopic (exact) mass is 160 g/mol. The van der Waals surface area contributed by atoms with Gasteiger partial charge in [-0.15, -0.1) is 0 Å². The molecular formula is C12H16. The normalized spacial score (nSPS) is 26.7. The van der Waals surface area contributed by atoms with Crippen molar-refractivity contribution in [3.8, 4) is 0 Å². The third-order valence-electron chi connectivity index (χ3n) is 1.77. The first kappa shape index (κ1) is 9.05. The zero-order valence-corrected chi connectivity index (χ0v) is 7.45. The molecule has 64 valence electrons. The third kappa shape index (κ3) is 4.73. The van der Waals surface area contributed by atoms with E-state index < -0.39 is 0 Å². The molecule has 0 atom stereocenters. The molecule has 0 aromatic carbocycles. The number of hydrogen-bond donors (Lipinski definition) is 0. The lowest BCUT2D eigenvalue weighted by molar-refractivity contribution is 1.00. The number of allylic oxidation sites excluding steroid dienone is 8. The van der Waals surface area contributed by atoms with Crippen molar-refractivity contribution < 1.29 is 0 Å². The van der Waals surface area contributed by atoms with Crippen LogP contribution >= 0.6 is 0 Å². The highest BCUT2D eigenvalue weighted by Crippen LogP contribution is 1.99. The van der Waals surface area contributed by atoms with Crippen molar-refractivity contribution >= 4 is 0 Å². The molecule has 0 aliphatic heterocycles. The quantitative estimate of drug-likeness (QED) is 0.473. The second kappa shape index (κ2) is 6.66. The van der Waals surface area contributed by atoms with Gasteiger partial charge >= 0.3 is 0 Å². The Morgan fingerprint density at radius 3 is 1.33 bits per heavy atom. The Hall–Kier alpha value is -1.04. The van der Waals surface area contributed by atoms with Gasteiger partial charge in [0.25, 0.3) is 0 Å². The van der Waals surface area contributed by atoms with Crippen LogP contribution in [0.5, 0.6) is 0 Å². The van der Waals surface area contributed by atoms with Crippen molar-refractivity contribution in [2.24, 2.45) is 0 Å². The summed E-state index contributed by atoms with van der Waals surface area (Å²) in [7, 11) is 0. The van der Waals surface area contributed by atoms with Crippen LogP contribution in [0.2, 0.25) is 0 Å². The van der Waals surface area contributed by atoms with E-state index in [4.69, 9.17) is 0 Å². The summed E-state index contributed by atoms with van der Waals surface area (Å²) in [4.78, 5) is 0. The van der Waals surface area contributed by atoms with Gasteiger partial charge in [0.15, 0.2) is 0 Å². The van der Waals surface area contributed by atoms with Gasteiger partial charge in [-0.1, -0.05) is 48.6 Å². The molecule has 1 aliphatic rings. The van der Waals surface area contributed by atoms with Crippen LogP contribution in [0.4, 0.5) is 0 Å². The standard InChI is InChI=1S/C12H16/c1-2-4-6-8-10-12-11-9-7-5-3-1/h1-6,11-12H,7-10H2/b2-1+,5-3-,6-4?,12-11-. The van der Waals surface area contributed by atoms with Gasteiger partial charge in [0.05, 0.1) is 0 Å². The molecule has 12 heavy (non-hydrogen) atoms.